The number of nitrogens with one attached hydrogen (secondary N) is 1. The lowest BCUT2D eigenvalue weighted by atomic mass is 10.1. The van der Waals surface area contributed by atoms with Crippen LogP contribution in [-0.4, -0.2) is 51.2 Å². The lowest BCUT2D eigenvalue weighted by Crippen LogP contribution is -2.42. The first kappa shape index (κ1) is 26.9. The summed E-state index contributed by atoms with van der Waals surface area (Å²) < 4.78 is 86.6. The Morgan fingerprint density at radius 1 is 0.951 bits per heavy atom. The molecule has 0 radical (unpaired) electrons. The maximum atomic E-state index is 13.5. The highest BCUT2D eigenvalue weighted by Crippen LogP contribution is 2.33. The molecule has 0 unspecified atom stereocenters. The van der Waals surface area contributed by atoms with Gasteiger partial charge in [0, 0.05) is 37.1 Å². The van der Waals surface area contributed by atoms with Crippen LogP contribution < -0.4 is 5.32 Å². The molecule has 2 aromatic carbocycles. The van der Waals surface area contributed by atoms with Crippen molar-refractivity contribution in [1.29, 1.82) is 0 Å². The van der Waals surface area contributed by atoms with Gasteiger partial charge >= 0.3 is 12.0 Å². The summed E-state index contributed by atoms with van der Waals surface area (Å²) in [6, 6.07) is 11.0. The van der Waals surface area contributed by atoms with Crippen LogP contribution in [0.3, 0.4) is 0 Å². The minimum absolute atomic E-state index is 0.139. The molecule has 1 N–H and O–H groups in total. The number of aromatic nitrogens is 4. The van der Waals surface area contributed by atoms with Crippen LogP contribution in [0, 0.1) is 5.82 Å². The topological polar surface area (TPSA) is 106 Å². The van der Waals surface area contributed by atoms with E-state index in [1.54, 1.807) is 35.0 Å². The Kier molecular flexibility index (Phi) is 6.74. The Hall–Kier alpha value is -4.30. The normalized spacial score (nSPS) is 15.4. The molecule has 212 valence electrons. The van der Waals surface area contributed by atoms with Gasteiger partial charge in [0.1, 0.15) is 23.5 Å². The van der Waals surface area contributed by atoms with E-state index in [-0.39, 0.29) is 29.8 Å². The molecule has 0 saturated carbocycles. The van der Waals surface area contributed by atoms with E-state index in [4.69, 9.17) is 4.42 Å². The summed E-state index contributed by atoms with van der Waals surface area (Å²) in [7, 11) is -3.94. The zero-order valence-electron chi connectivity index (χ0n) is 21.2. The standard InChI is InChI=1S/C27H22F4N6O3S/c28-19-5-1-17(2-6-19)23-24(37-15-16-40-26(37)35-23)22-9-12-32-25(34-22)33-20-10-13-36(14-11-20)41(38,39)21-7-3-18(4-8-21)27(29,30)31/h1-9,12,15-16,20H,10-11,13-14H2,(H,32,33,34). The summed E-state index contributed by atoms with van der Waals surface area (Å²) in [6.07, 6.45) is 1.11. The molecular weight excluding hydrogens is 564 g/mol. The smallest absolute Gasteiger partial charge is 0.416 e. The molecule has 0 bridgehead atoms. The number of hydrogen-bond donors (Lipinski definition) is 1. The molecule has 0 aliphatic carbocycles. The highest BCUT2D eigenvalue weighted by Gasteiger charge is 2.33. The summed E-state index contributed by atoms with van der Waals surface area (Å²) in [5.41, 5.74) is 1.49. The van der Waals surface area contributed by atoms with Crippen molar-refractivity contribution in [2.45, 2.75) is 30.0 Å². The van der Waals surface area contributed by atoms with E-state index in [2.05, 4.69) is 20.3 Å². The predicted octanol–water partition coefficient (Wildman–Crippen LogP) is 5.47. The first-order valence-corrected chi connectivity index (χ1v) is 14.0. The van der Waals surface area contributed by atoms with Gasteiger partial charge < -0.3 is 9.73 Å². The molecule has 6 rings (SSSR count). The second kappa shape index (κ2) is 10.3. The average molecular weight is 587 g/mol. The third-order valence-electron chi connectivity index (χ3n) is 6.88. The van der Waals surface area contributed by atoms with E-state index in [0.717, 1.165) is 24.3 Å². The van der Waals surface area contributed by atoms with Gasteiger partial charge in [0.05, 0.1) is 16.2 Å². The number of hydrogen-bond acceptors (Lipinski definition) is 7. The number of imidazole rings is 1. The molecule has 3 aromatic heterocycles. The lowest BCUT2D eigenvalue weighted by Gasteiger charge is -2.31. The molecule has 14 heteroatoms. The van der Waals surface area contributed by atoms with Crippen LogP contribution in [-0.2, 0) is 16.2 Å². The van der Waals surface area contributed by atoms with Crippen molar-refractivity contribution < 1.29 is 30.4 Å². The quantitative estimate of drug-likeness (QED) is 0.263. The maximum absolute atomic E-state index is 13.5. The Balaban J connectivity index is 1.18. The van der Waals surface area contributed by atoms with Crippen molar-refractivity contribution in [2.24, 2.45) is 0 Å². The summed E-state index contributed by atoms with van der Waals surface area (Å²) in [5.74, 6) is 0.300. The van der Waals surface area contributed by atoms with E-state index >= 15 is 0 Å². The van der Waals surface area contributed by atoms with Crippen molar-refractivity contribution in [3.63, 3.8) is 0 Å². The SMILES string of the molecule is O=S(=O)(c1ccc(C(F)(F)F)cc1)N1CCC(Nc2nccc(-c3c(-c4ccc(F)cc4)nc4occn34)n2)CC1. The van der Waals surface area contributed by atoms with E-state index < -0.39 is 21.8 Å². The monoisotopic (exact) mass is 586 g/mol. The number of nitrogens with zero attached hydrogens (tertiary/aromatic N) is 5. The predicted molar refractivity (Wildman–Crippen MR) is 141 cm³/mol. The molecule has 5 aromatic rings. The van der Waals surface area contributed by atoms with Gasteiger partial charge in [0.15, 0.2) is 0 Å². The van der Waals surface area contributed by atoms with Crippen molar-refractivity contribution in [2.75, 3.05) is 18.4 Å². The Morgan fingerprint density at radius 3 is 2.34 bits per heavy atom. The minimum atomic E-state index is -4.54. The van der Waals surface area contributed by atoms with Crippen LogP contribution in [0.4, 0.5) is 23.5 Å². The number of fused-ring (bicyclic) bond motifs is 1. The van der Waals surface area contributed by atoms with Gasteiger partial charge in [-0.25, -0.2) is 22.8 Å². The Labute approximate surface area is 231 Å². The van der Waals surface area contributed by atoms with Gasteiger partial charge in [-0.2, -0.15) is 22.5 Å². The molecule has 41 heavy (non-hydrogen) atoms. The second-order valence-electron chi connectivity index (χ2n) is 9.48. The van der Waals surface area contributed by atoms with Gasteiger partial charge in [-0.05, 0) is 67.4 Å². The molecule has 1 fully saturated rings. The first-order valence-electron chi connectivity index (χ1n) is 12.6. The number of alkyl halides is 3. The summed E-state index contributed by atoms with van der Waals surface area (Å²) >= 11 is 0. The van der Waals surface area contributed by atoms with Crippen LogP contribution in [0.5, 0.6) is 0 Å². The third-order valence-corrected chi connectivity index (χ3v) is 8.80. The van der Waals surface area contributed by atoms with Crippen LogP contribution in [0.2, 0.25) is 0 Å². The number of halogens is 4. The Morgan fingerprint density at radius 2 is 1.66 bits per heavy atom. The number of rotatable bonds is 6. The summed E-state index contributed by atoms with van der Waals surface area (Å²) in [6.45, 7) is 0.349. The van der Waals surface area contributed by atoms with Crippen LogP contribution in [0.25, 0.3) is 28.5 Å². The molecule has 9 nitrogen and oxygen atoms in total. The number of piperidine rings is 1. The van der Waals surface area contributed by atoms with Crippen LogP contribution in [0.1, 0.15) is 18.4 Å². The van der Waals surface area contributed by atoms with Gasteiger partial charge in [-0.3, -0.25) is 4.40 Å². The van der Waals surface area contributed by atoms with Gasteiger partial charge in [0.25, 0.3) is 0 Å². The van der Waals surface area contributed by atoms with Gasteiger partial charge in [0.2, 0.25) is 16.0 Å². The number of oxazole rings is 1. The minimum Gasteiger partial charge on any atom is -0.432 e. The van der Waals surface area contributed by atoms with Crippen molar-refractivity contribution >= 4 is 21.8 Å². The van der Waals surface area contributed by atoms with Gasteiger partial charge in [-0.15, -0.1) is 0 Å². The third kappa shape index (κ3) is 5.27. The second-order valence-corrected chi connectivity index (χ2v) is 11.4. The first-order chi connectivity index (χ1) is 19.6. The van der Waals surface area contributed by atoms with Crippen LogP contribution in [0.15, 0.2) is 82.6 Å². The molecule has 1 aliphatic heterocycles. The van der Waals surface area contributed by atoms with E-state index in [1.165, 1.54) is 22.7 Å². The molecule has 4 heterocycles. The lowest BCUT2D eigenvalue weighted by molar-refractivity contribution is -0.137. The van der Waals surface area contributed by atoms with E-state index in [0.29, 0.717) is 47.3 Å². The average Bonchev–Trinajstić information content (AvgIpc) is 3.55. The number of anilines is 1. The maximum Gasteiger partial charge on any atom is 0.416 e. The largest absolute Gasteiger partial charge is 0.432 e. The summed E-state index contributed by atoms with van der Waals surface area (Å²) in [4.78, 5) is 13.3. The molecular formula is C27H22F4N6O3S. The van der Waals surface area contributed by atoms with Crippen molar-refractivity contribution in [3.05, 3.63) is 84.6 Å². The zero-order valence-corrected chi connectivity index (χ0v) is 22.0. The molecule has 0 atom stereocenters. The highest BCUT2D eigenvalue weighted by atomic mass is 32.2. The number of sulfonamides is 1. The summed E-state index contributed by atoms with van der Waals surface area (Å²) in [5, 5.41) is 3.26. The fraction of sp³-hybridized carbons (Fsp3) is 0.222. The van der Waals surface area contributed by atoms with Crippen molar-refractivity contribution in [1.82, 2.24) is 23.7 Å². The highest BCUT2D eigenvalue weighted by molar-refractivity contribution is 7.89. The molecule has 1 aliphatic rings. The molecule has 1 saturated heterocycles. The van der Waals surface area contributed by atoms with E-state index in [1.807, 2.05) is 0 Å². The fourth-order valence-electron chi connectivity index (χ4n) is 4.79. The molecule has 0 spiro atoms. The molecule has 0 amide bonds. The fourth-order valence-corrected chi connectivity index (χ4v) is 6.26. The zero-order chi connectivity index (χ0) is 28.8. The number of benzene rings is 2. The Bertz CT molecular complexity index is 1790. The van der Waals surface area contributed by atoms with Crippen molar-refractivity contribution in [3.8, 4) is 22.6 Å². The van der Waals surface area contributed by atoms with E-state index in [9.17, 15) is 26.0 Å². The van der Waals surface area contributed by atoms with Crippen LogP contribution >= 0.6 is 0 Å². The van der Waals surface area contributed by atoms with Gasteiger partial charge in [-0.1, -0.05) is 0 Å².